The Kier molecular flexibility index (Phi) is 4.10. The summed E-state index contributed by atoms with van der Waals surface area (Å²) in [6.07, 6.45) is 0. The van der Waals surface area contributed by atoms with Gasteiger partial charge in [0.05, 0.1) is 15.6 Å². The van der Waals surface area contributed by atoms with Gasteiger partial charge in [-0.2, -0.15) is 0 Å². The van der Waals surface area contributed by atoms with Crippen LogP contribution in [0.15, 0.2) is 34.8 Å². The van der Waals surface area contributed by atoms with E-state index < -0.39 is 0 Å². The Morgan fingerprint density at radius 3 is 2.43 bits per heavy atom. The first-order chi connectivity index (χ1) is 9.97. The summed E-state index contributed by atoms with van der Waals surface area (Å²) in [5, 5.41) is 2.22. The van der Waals surface area contributed by atoms with Gasteiger partial charge in [0.2, 0.25) is 0 Å². The van der Waals surface area contributed by atoms with E-state index >= 15 is 0 Å². The first-order valence-corrected chi connectivity index (χ1v) is 7.98. The maximum absolute atomic E-state index is 6.32. The number of benzene rings is 2. The van der Waals surface area contributed by atoms with Crippen molar-refractivity contribution in [3.8, 4) is 11.4 Å². The molecule has 0 aliphatic heterocycles. The zero-order valence-electron chi connectivity index (χ0n) is 10.8. The van der Waals surface area contributed by atoms with Gasteiger partial charge in [-0.05, 0) is 36.8 Å². The molecule has 0 saturated heterocycles. The molecule has 0 saturated carbocycles. The van der Waals surface area contributed by atoms with E-state index in [1.54, 1.807) is 12.1 Å². The molecule has 0 amide bonds. The van der Waals surface area contributed by atoms with E-state index in [-0.39, 0.29) is 0 Å². The predicted molar refractivity (Wildman–Crippen MR) is 92.4 cm³/mol. The van der Waals surface area contributed by atoms with Crippen molar-refractivity contribution in [2.75, 3.05) is 0 Å². The molecule has 0 bridgehead atoms. The van der Waals surface area contributed by atoms with Crippen molar-refractivity contribution >= 4 is 61.6 Å². The third-order valence-electron chi connectivity index (χ3n) is 3.13. The molecule has 6 heteroatoms. The molecule has 21 heavy (non-hydrogen) atoms. The lowest BCUT2D eigenvalue weighted by Gasteiger charge is -2.09. The van der Waals surface area contributed by atoms with Gasteiger partial charge >= 0.3 is 0 Å². The molecule has 106 valence electrons. The lowest BCUT2D eigenvalue weighted by molar-refractivity contribution is 1.22. The van der Waals surface area contributed by atoms with Crippen LogP contribution in [0.4, 0.5) is 0 Å². The van der Waals surface area contributed by atoms with Crippen LogP contribution in [0.3, 0.4) is 0 Å². The van der Waals surface area contributed by atoms with Crippen molar-refractivity contribution < 1.29 is 0 Å². The van der Waals surface area contributed by atoms with E-state index in [0.29, 0.717) is 32.1 Å². The Morgan fingerprint density at radius 2 is 1.67 bits per heavy atom. The van der Waals surface area contributed by atoms with Gasteiger partial charge in [0.15, 0.2) is 5.82 Å². The molecular formula is C15H8BrCl3N2. The van der Waals surface area contributed by atoms with Crippen molar-refractivity contribution in [3.05, 3.63) is 55.6 Å². The minimum Gasteiger partial charge on any atom is -0.226 e. The van der Waals surface area contributed by atoms with Crippen molar-refractivity contribution in [3.63, 3.8) is 0 Å². The van der Waals surface area contributed by atoms with Gasteiger partial charge in [-0.15, -0.1) is 0 Å². The minimum atomic E-state index is 0.367. The topological polar surface area (TPSA) is 25.8 Å². The average Bonchev–Trinajstić information content (AvgIpc) is 2.45. The molecule has 0 fully saturated rings. The van der Waals surface area contributed by atoms with Crippen LogP contribution < -0.4 is 0 Å². The van der Waals surface area contributed by atoms with Gasteiger partial charge in [0.25, 0.3) is 0 Å². The van der Waals surface area contributed by atoms with Crippen LogP contribution >= 0.6 is 50.7 Å². The van der Waals surface area contributed by atoms with Crippen LogP contribution in [-0.2, 0) is 0 Å². The number of fused-ring (bicyclic) bond motifs is 1. The summed E-state index contributed by atoms with van der Waals surface area (Å²) in [5.41, 5.74) is 2.31. The monoisotopic (exact) mass is 400 g/mol. The van der Waals surface area contributed by atoms with Crippen LogP contribution in [0, 0.1) is 6.92 Å². The highest BCUT2D eigenvalue weighted by Gasteiger charge is 2.14. The van der Waals surface area contributed by atoms with Gasteiger partial charge in [0.1, 0.15) is 5.15 Å². The second-order valence-electron chi connectivity index (χ2n) is 4.55. The molecule has 3 aromatic rings. The normalized spacial score (nSPS) is 11.1. The van der Waals surface area contributed by atoms with Gasteiger partial charge in [-0.1, -0.05) is 56.8 Å². The standard InChI is InChI=1S/C15H8BrCl3N2/c1-7-2-4-11(18)13-12(7)14(19)21-15(20-13)9-6-8(16)3-5-10(9)17/h2-6H,1H3. The van der Waals surface area contributed by atoms with E-state index in [9.17, 15) is 0 Å². The number of halogens is 4. The van der Waals surface area contributed by atoms with Crippen molar-refractivity contribution in [1.29, 1.82) is 0 Å². The fourth-order valence-electron chi connectivity index (χ4n) is 2.11. The minimum absolute atomic E-state index is 0.367. The Morgan fingerprint density at radius 1 is 0.952 bits per heavy atom. The van der Waals surface area contributed by atoms with Gasteiger partial charge in [-0.25, -0.2) is 9.97 Å². The molecule has 0 aliphatic rings. The van der Waals surface area contributed by atoms with Crippen LogP contribution in [0.2, 0.25) is 15.2 Å². The maximum Gasteiger partial charge on any atom is 0.163 e. The summed E-state index contributed by atoms with van der Waals surface area (Å²) < 4.78 is 0.886. The van der Waals surface area contributed by atoms with Crippen LogP contribution in [-0.4, -0.2) is 9.97 Å². The molecule has 1 aromatic heterocycles. The fourth-order valence-corrected chi connectivity index (χ4v) is 3.19. The van der Waals surface area contributed by atoms with Crippen molar-refractivity contribution in [2.24, 2.45) is 0 Å². The summed E-state index contributed by atoms with van der Waals surface area (Å²) in [7, 11) is 0. The second kappa shape index (κ2) is 5.73. The molecule has 0 radical (unpaired) electrons. The first kappa shape index (κ1) is 15.0. The highest BCUT2D eigenvalue weighted by molar-refractivity contribution is 9.10. The first-order valence-electron chi connectivity index (χ1n) is 6.05. The van der Waals surface area contributed by atoms with Gasteiger partial charge in [0, 0.05) is 15.4 Å². The number of aromatic nitrogens is 2. The van der Waals surface area contributed by atoms with Crippen LogP contribution in [0.1, 0.15) is 5.56 Å². The molecule has 0 atom stereocenters. The highest BCUT2D eigenvalue weighted by Crippen LogP contribution is 2.34. The zero-order chi connectivity index (χ0) is 15.1. The number of aryl methyl sites for hydroxylation is 1. The maximum atomic E-state index is 6.32. The van der Waals surface area contributed by atoms with Crippen molar-refractivity contribution in [1.82, 2.24) is 9.97 Å². The molecular weight excluding hydrogens is 394 g/mol. The average molecular weight is 403 g/mol. The van der Waals surface area contributed by atoms with Gasteiger partial charge < -0.3 is 0 Å². The SMILES string of the molecule is Cc1ccc(Cl)c2nc(-c3cc(Br)ccc3Cl)nc(Cl)c12. The largest absolute Gasteiger partial charge is 0.226 e. The van der Waals surface area contributed by atoms with E-state index in [0.717, 1.165) is 15.4 Å². The highest BCUT2D eigenvalue weighted by atomic mass is 79.9. The number of hydrogen-bond donors (Lipinski definition) is 0. The van der Waals surface area contributed by atoms with Gasteiger partial charge in [-0.3, -0.25) is 0 Å². The predicted octanol–water partition coefficient (Wildman–Crippen LogP) is 6.33. The summed E-state index contributed by atoms with van der Waals surface area (Å²) in [6.45, 7) is 1.94. The van der Waals surface area contributed by atoms with E-state index in [1.165, 1.54) is 0 Å². The number of hydrogen-bond acceptors (Lipinski definition) is 2. The Hall–Kier alpha value is -0.870. The number of rotatable bonds is 1. The molecule has 3 rings (SSSR count). The Balaban J connectivity index is 2.35. The molecule has 0 spiro atoms. The Bertz CT molecular complexity index is 865. The Labute approximate surface area is 145 Å². The molecule has 0 N–H and O–H groups in total. The van der Waals surface area contributed by atoms with E-state index in [4.69, 9.17) is 34.8 Å². The molecule has 2 aromatic carbocycles. The lowest BCUT2D eigenvalue weighted by Crippen LogP contribution is -1.95. The fraction of sp³-hybridized carbons (Fsp3) is 0.0667. The van der Waals surface area contributed by atoms with Crippen LogP contribution in [0.5, 0.6) is 0 Å². The smallest absolute Gasteiger partial charge is 0.163 e. The van der Waals surface area contributed by atoms with E-state index in [1.807, 2.05) is 25.1 Å². The third kappa shape index (κ3) is 2.76. The molecule has 1 heterocycles. The second-order valence-corrected chi connectivity index (χ2v) is 6.64. The molecule has 2 nitrogen and oxygen atoms in total. The summed E-state index contributed by atoms with van der Waals surface area (Å²) in [4.78, 5) is 8.90. The quantitative estimate of drug-likeness (QED) is 0.445. The third-order valence-corrected chi connectivity index (χ3v) is 4.54. The summed E-state index contributed by atoms with van der Waals surface area (Å²) >= 11 is 22.2. The molecule has 0 unspecified atom stereocenters. The van der Waals surface area contributed by atoms with Crippen LogP contribution in [0.25, 0.3) is 22.3 Å². The summed E-state index contributed by atoms with van der Waals surface area (Å²) in [5.74, 6) is 0.450. The zero-order valence-corrected chi connectivity index (χ0v) is 14.6. The van der Waals surface area contributed by atoms with Crippen molar-refractivity contribution in [2.45, 2.75) is 6.92 Å². The number of nitrogens with zero attached hydrogens (tertiary/aromatic N) is 2. The van der Waals surface area contributed by atoms with E-state index in [2.05, 4.69) is 25.9 Å². The summed E-state index contributed by atoms with van der Waals surface area (Å²) in [6, 6.07) is 9.18. The molecule has 0 aliphatic carbocycles. The lowest BCUT2D eigenvalue weighted by atomic mass is 10.1.